The molecule has 0 fully saturated rings. The number of ether oxygens (including phenoxy) is 3. The number of anilines is 2. The number of carbonyl (C=O) groups excluding carboxylic acids is 2. The average molecular weight is 316 g/mol. The summed E-state index contributed by atoms with van der Waals surface area (Å²) in [5.41, 5.74) is 6.21. The van der Waals surface area contributed by atoms with E-state index >= 15 is 0 Å². The number of rotatable bonds is 7. The topological polar surface area (TPSA) is 91.1 Å². The van der Waals surface area contributed by atoms with Crippen LogP contribution in [0.2, 0.25) is 0 Å². The Morgan fingerprint density at radius 2 is 1.81 bits per heavy atom. The molecule has 0 saturated heterocycles. The molecule has 0 aliphatic heterocycles. The van der Waals surface area contributed by atoms with Crippen molar-refractivity contribution < 1.29 is 23.8 Å². The maximum Gasteiger partial charge on any atom is 0.350 e. The van der Waals surface area contributed by atoms with Gasteiger partial charge >= 0.3 is 11.9 Å². The quantitative estimate of drug-likeness (QED) is 0.760. The third kappa shape index (κ3) is 3.64. The zero-order valence-electron chi connectivity index (χ0n) is 12.6. The molecule has 0 amide bonds. The van der Waals surface area contributed by atoms with Crippen molar-refractivity contribution in [3.05, 3.63) is 10.4 Å². The van der Waals surface area contributed by atoms with Crippen LogP contribution in [0.5, 0.6) is 0 Å². The van der Waals surface area contributed by atoms with Crippen LogP contribution in [0.1, 0.15) is 27.0 Å². The summed E-state index contributed by atoms with van der Waals surface area (Å²) in [4.78, 5) is 25.8. The number of nitrogen functional groups attached to an aromatic ring is 1. The number of thiophene rings is 1. The van der Waals surface area contributed by atoms with Gasteiger partial charge in [0.05, 0.1) is 26.5 Å². The summed E-state index contributed by atoms with van der Waals surface area (Å²) < 4.78 is 14.5. The first-order valence-corrected chi connectivity index (χ1v) is 7.16. The third-order valence-corrected chi connectivity index (χ3v) is 4.17. The molecule has 1 rings (SSSR count). The molecule has 0 atom stereocenters. The van der Waals surface area contributed by atoms with Gasteiger partial charge in [-0.25, -0.2) is 9.59 Å². The monoisotopic (exact) mass is 316 g/mol. The van der Waals surface area contributed by atoms with Crippen LogP contribution in [0, 0.1) is 0 Å². The van der Waals surface area contributed by atoms with Crippen LogP contribution in [-0.2, 0) is 14.2 Å². The maximum atomic E-state index is 12.0. The minimum atomic E-state index is -0.579. The fourth-order valence-corrected chi connectivity index (χ4v) is 3.02. The van der Waals surface area contributed by atoms with Gasteiger partial charge in [-0.3, -0.25) is 0 Å². The normalized spacial score (nSPS) is 10.3. The van der Waals surface area contributed by atoms with Gasteiger partial charge in [-0.05, 0) is 6.92 Å². The highest BCUT2D eigenvalue weighted by Crippen LogP contribution is 2.39. The number of esters is 2. The van der Waals surface area contributed by atoms with Crippen molar-refractivity contribution in [3.63, 3.8) is 0 Å². The van der Waals surface area contributed by atoms with Crippen molar-refractivity contribution in [2.24, 2.45) is 0 Å². The fourth-order valence-electron chi connectivity index (χ4n) is 1.80. The third-order valence-electron chi connectivity index (χ3n) is 2.92. The van der Waals surface area contributed by atoms with E-state index in [1.54, 1.807) is 7.11 Å². The summed E-state index contributed by atoms with van der Waals surface area (Å²) in [6, 6.07) is 0. The molecular formula is C13H20N2O5S. The lowest BCUT2D eigenvalue weighted by molar-refractivity contribution is 0.0602. The Balaban J connectivity index is 3.33. The first-order valence-electron chi connectivity index (χ1n) is 6.34. The van der Waals surface area contributed by atoms with Gasteiger partial charge in [0.1, 0.15) is 15.4 Å². The molecular weight excluding hydrogens is 296 g/mol. The SMILES string of the molecule is CCN(CCOC)c1sc(C(=O)OC)c(N)c1C(=O)OC. The van der Waals surface area contributed by atoms with E-state index in [1.165, 1.54) is 14.2 Å². The lowest BCUT2D eigenvalue weighted by Crippen LogP contribution is -2.27. The van der Waals surface area contributed by atoms with Crippen LogP contribution >= 0.6 is 11.3 Å². The largest absolute Gasteiger partial charge is 0.465 e. The molecule has 7 nitrogen and oxygen atoms in total. The van der Waals surface area contributed by atoms with Gasteiger partial charge in [-0.15, -0.1) is 11.3 Å². The zero-order valence-corrected chi connectivity index (χ0v) is 13.4. The van der Waals surface area contributed by atoms with Crippen molar-refractivity contribution in [2.75, 3.05) is 51.7 Å². The van der Waals surface area contributed by atoms with Crippen LogP contribution in [-0.4, -0.2) is 53.0 Å². The zero-order chi connectivity index (χ0) is 16.0. The van der Waals surface area contributed by atoms with Crippen molar-refractivity contribution in [2.45, 2.75) is 6.92 Å². The highest BCUT2D eigenvalue weighted by atomic mass is 32.1. The molecule has 0 radical (unpaired) electrons. The van der Waals surface area contributed by atoms with Gasteiger partial charge in [0.15, 0.2) is 0 Å². The van der Waals surface area contributed by atoms with Gasteiger partial charge in [0, 0.05) is 20.2 Å². The summed E-state index contributed by atoms with van der Waals surface area (Å²) in [5, 5.41) is 0.583. The van der Waals surface area contributed by atoms with Crippen LogP contribution < -0.4 is 10.6 Å². The van der Waals surface area contributed by atoms with Crippen LogP contribution in [0.25, 0.3) is 0 Å². The molecule has 0 aliphatic rings. The van der Waals surface area contributed by atoms with Crippen molar-refractivity contribution in [1.29, 1.82) is 0 Å². The minimum absolute atomic E-state index is 0.0876. The Morgan fingerprint density at radius 1 is 1.19 bits per heavy atom. The van der Waals surface area contributed by atoms with Crippen molar-refractivity contribution in [1.82, 2.24) is 0 Å². The number of likely N-dealkylation sites (N-methyl/N-ethyl adjacent to an activating group) is 1. The molecule has 1 aromatic rings. The van der Waals surface area contributed by atoms with E-state index in [0.717, 1.165) is 11.3 Å². The first-order chi connectivity index (χ1) is 10.0. The number of hydrogen-bond acceptors (Lipinski definition) is 8. The summed E-state index contributed by atoms with van der Waals surface area (Å²) in [6.45, 7) is 3.62. The van der Waals surface area contributed by atoms with Gasteiger partial charge in [-0.1, -0.05) is 0 Å². The molecule has 0 saturated carbocycles. The Hall–Kier alpha value is -1.80. The van der Waals surface area contributed by atoms with E-state index in [2.05, 4.69) is 4.74 Å². The van der Waals surface area contributed by atoms with E-state index in [1.807, 2.05) is 11.8 Å². The lowest BCUT2D eigenvalue weighted by Gasteiger charge is -2.21. The molecule has 2 N–H and O–H groups in total. The van der Waals surface area contributed by atoms with Crippen LogP contribution in [0.15, 0.2) is 0 Å². The number of hydrogen-bond donors (Lipinski definition) is 1. The summed E-state index contributed by atoms with van der Waals surface area (Å²) in [7, 11) is 4.13. The number of nitrogens with zero attached hydrogens (tertiary/aromatic N) is 1. The smallest absolute Gasteiger partial charge is 0.350 e. The summed E-state index contributed by atoms with van der Waals surface area (Å²) >= 11 is 1.12. The van der Waals surface area contributed by atoms with E-state index in [0.29, 0.717) is 24.7 Å². The second-order valence-corrected chi connectivity index (χ2v) is 5.08. The Morgan fingerprint density at radius 3 is 2.29 bits per heavy atom. The molecule has 0 spiro atoms. The van der Waals surface area contributed by atoms with Gasteiger partial charge in [0.25, 0.3) is 0 Å². The highest BCUT2D eigenvalue weighted by Gasteiger charge is 2.29. The molecule has 118 valence electrons. The first kappa shape index (κ1) is 17.3. The van der Waals surface area contributed by atoms with Gasteiger partial charge in [0.2, 0.25) is 0 Å². The number of methoxy groups -OCH3 is 3. The van der Waals surface area contributed by atoms with Crippen LogP contribution in [0.3, 0.4) is 0 Å². The van der Waals surface area contributed by atoms with E-state index < -0.39 is 11.9 Å². The van der Waals surface area contributed by atoms with E-state index in [-0.39, 0.29) is 16.1 Å². The second-order valence-electron chi connectivity index (χ2n) is 4.08. The highest BCUT2D eigenvalue weighted by molar-refractivity contribution is 7.19. The second kappa shape index (κ2) is 7.84. The molecule has 1 aromatic heterocycles. The number of carbonyl (C=O) groups is 2. The van der Waals surface area contributed by atoms with Gasteiger partial charge in [-0.2, -0.15) is 0 Å². The Labute approximate surface area is 127 Å². The molecule has 8 heteroatoms. The van der Waals surface area contributed by atoms with Crippen molar-refractivity contribution >= 4 is 34.0 Å². The summed E-state index contributed by atoms with van der Waals surface area (Å²) in [5.74, 6) is -1.15. The molecule has 0 unspecified atom stereocenters. The minimum Gasteiger partial charge on any atom is -0.465 e. The van der Waals surface area contributed by atoms with Crippen LogP contribution in [0.4, 0.5) is 10.7 Å². The average Bonchev–Trinajstić information content (AvgIpc) is 2.84. The Kier molecular flexibility index (Phi) is 6.44. The van der Waals surface area contributed by atoms with E-state index in [4.69, 9.17) is 15.2 Å². The lowest BCUT2D eigenvalue weighted by atomic mass is 10.2. The number of nitrogens with two attached hydrogens (primary N) is 1. The summed E-state index contributed by atoms with van der Waals surface area (Å²) in [6.07, 6.45) is 0. The standard InChI is InChI=1S/C13H20N2O5S/c1-5-15(6-7-18-2)11-8(12(16)19-3)9(14)10(21-11)13(17)20-4/h5-7,14H2,1-4H3. The molecule has 21 heavy (non-hydrogen) atoms. The fraction of sp³-hybridized carbons (Fsp3) is 0.538. The molecule has 1 heterocycles. The molecule has 0 bridgehead atoms. The van der Waals surface area contributed by atoms with Gasteiger partial charge < -0.3 is 24.8 Å². The Bertz CT molecular complexity index is 515. The predicted octanol–water partition coefficient (Wildman–Crippen LogP) is 1.38. The maximum absolute atomic E-state index is 12.0. The van der Waals surface area contributed by atoms with Crippen molar-refractivity contribution in [3.8, 4) is 0 Å². The molecule has 0 aliphatic carbocycles. The molecule has 0 aromatic carbocycles. The predicted molar refractivity (Wildman–Crippen MR) is 81.2 cm³/mol. The van der Waals surface area contributed by atoms with E-state index in [9.17, 15) is 9.59 Å².